The number of rotatable bonds is 14. The molecule has 0 bridgehead atoms. The van der Waals surface area contributed by atoms with Gasteiger partial charge >= 0.3 is 25.7 Å². The van der Waals surface area contributed by atoms with Gasteiger partial charge in [0.25, 0.3) is 0 Å². The number of benzene rings is 1. The average Bonchev–Trinajstić information content (AvgIpc) is 3.31. The smallest absolute Gasteiger partial charge is 0.460 e. The van der Waals surface area contributed by atoms with Crippen LogP contribution in [0.1, 0.15) is 46.4 Å². The Morgan fingerprint density at radius 3 is 2.41 bits per heavy atom. The number of nitrogens with one attached hydrogen (secondary N) is 1. The summed E-state index contributed by atoms with van der Waals surface area (Å²) >= 11 is 0. The summed E-state index contributed by atoms with van der Waals surface area (Å²) < 4.78 is 57.1. The van der Waals surface area contributed by atoms with E-state index >= 15 is 0 Å². The van der Waals surface area contributed by atoms with Crippen molar-refractivity contribution in [2.45, 2.75) is 70.2 Å². The van der Waals surface area contributed by atoms with E-state index in [-0.39, 0.29) is 29.8 Å². The second-order valence-corrected chi connectivity index (χ2v) is 14.9. The molecule has 7 atom stereocenters. The predicted octanol–water partition coefficient (Wildman–Crippen LogP) is 2.90. The highest BCUT2D eigenvalue weighted by atomic mass is 31.2. The molecule has 4 heterocycles. The van der Waals surface area contributed by atoms with Gasteiger partial charge < -0.3 is 33.9 Å². The van der Waals surface area contributed by atoms with Gasteiger partial charge in [-0.15, -0.1) is 0 Å². The van der Waals surface area contributed by atoms with Crippen LogP contribution in [0.2, 0.25) is 0 Å². The highest BCUT2D eigenvalue weighted by molar-refractivity contribution is 7.52. The number of nitrogen functional groups attached to an aromatic ring is 1. The first kappa shape index (κ1) is 36.2. The van der Waals surface area contributed by atoms with E-state index in [9.17, 15) is 24.2 Å². The van der Waals surface area contributed by atoms with Crippen LogP contribution in [0.25, 0.3) is 5.52 Å². The Labute approximate surface area is 293 Å². The molecule has 272 valence electrons. The fraction of sp³-hybridized carbons (Fsp3) is 0.515. The zero-order valence-corrected chi connectivity index (χ0v) is 29.5. The van der Waals surface area contributed by atoms with E-state index in [1.165, 1.54) is 29.9 Å². The lowest BCUT2D eigenvalue weighted by atomic mass is 10.0. The van der Waals surface area contributed by atoms with Crippen LogP contribution in [0.5, 0.6) is 5.75 Å². The molecule has 2 unspecified atom stereocenters. The minimum atomic E-state index is -4.69. The van der Waals surface area contributed by atoms with Crippen LogP contribution < -0.4 is 15.3 Å². The Hall–Kier alpha value is -4.59. The van der Waals surface area contributed by atoms with Crippen LogP contribution in [0, 0.1) is 29.1 Å². The normalized spacial score (nSPS) is 27.1. The van der Waals surface area contributed by atoms with Gasteiger partial charge in [-0.3, -0.25) is 18.9 Å². The Kier molecular flexibility index (Phi) is 9.83. The monoisotopic (exact) mass is 726 g/mol. The van der Waals surface area contributed by atoms with Crippen molar-refractivity contribution in [1.82, 2.24) is 19.7 Å². The average molecular weight is 727 g/mol. The third-order valence-electron chi connectivity index (χ3n) is 8.78. The van der Waals surface area contributed by atoms with Gasteiger partial charge in [0.15, 0.2) is 18.0 Å². The Morgan fingerprint density at radius 1 is 1.08 bits per heavy atom. The van der Waals surface area contributed by atoms with Crippen molar-refractivity contribution in [1.29, 1.82) is 5.26 Å². The van der Waals surface area contributed by atoms with Gasteiger partial charge in [0, 0.05) is 5.92 Å². The first-order chi connectivity index (χ1) is 24.2. The number of para-hydroxylation sites is 1. The van der Waals surface area contributed by atoms with E-state index in [1.807, 2.05) is 0 Å². The van der Waals surface area contributed by atoms with E-state index in [4.69, 9.17) is 38.5 Å². The van der Waals surface area contributed by atoms with Crippen molar-refractivity contribution in [2.24, 2.45) is 17.8 Å². The largest absolute Gasteiger partial charge is 0.464 e. The molecule has 17 nitrogen and oxygen atoms in total. The first-order valence-corrected chi connectivity index (χ1v) is 17.9. The van der Waals surface area contributed by atoms with Crippen molar-refractivity contribution in [2.75, 3.05) is 25.6 Å². The summed E-state index contributed by atoms with van der Waals surface area (Å²) in [7, 11) is -4.69. The number of nitriles is 1. The van der Waals surface area contributed by atoms with Crippen LogP contribution in [-0.2, 0) is 47.2 Å². The van der Waals surface area contributed by atoms with Crippen LogP contribution in [0.4, 0.5) is 5.82 Å². The number of ether oxygens (including phenoxy) is 5. The molecule has 2 aliphatic heterocycles. The SMILES string of the molecule is CC(C)C(=O)O[C@H]1[C@H](c2ccc3c(N)ncnn23)O[C@]2(C#N)C(OP(=O)(N[C@@H](C)C(=O)OCC3COC3)Oc3ccccc3)[C@]12OC(=O)C(C)C. The summed E-state index contributed by atoms with van der Waals surface area (Å²) in [6, 6.07) is 12.0. The molecule has 0 radical (unpaired) electrons. The highest BCUT2D eigenvalue weighted by Crippen LogP contribution is 2.71. The predicted molar refractivity (Wildman–Crippen MR) is 175 cm³/mol. The number of hydrogen-bond donors (Lipinski definition) is 2. The van der Waals surface area contributed by atoms with Crippen LogP contribution in [0.15, 0.2) is 48.8 Å². The summed E-state index contributed by atoms with van der Waals surface area (Å²) in [5, 5.41) is 17.7. The lowest BCUT2D eigenvalue weighted by Gasteiger charge is -2.31. The molecule has 3 N–H and O–H groups in total. The van der Waals surface area contributed by atoms with Gasteiger partial charge in [0.05, 0.1) is 37.4 Å². The molecule has 51 heavy (non-hydrogen) atoms. The Bertz CT molecular complexity index is 1900. The number of esters is 3. The van der Waals surface area contributed by atoms with Gasteiger partial charge in [-0.25, -0.2) is 14.1 Å². The third-order valence-corrected chi connectivity index (χ3v) is 10.4. The molecule has 6 rings (SSSR count). The number of nitrogens with zero attached hydrogens (tertiary/aromatic N) is 4. The third kappa shape index (κ3) is 6.54. The van der Waals surface area contributed by atoms with Crippen molar-refractivity contribution in [3.8, 4) is 11.8 Å². The fourth-order valence-electron chi connectivity index (χ4n) is 5.86. The van der Waals surface area contributed by atoms with Crippen molar-refractivity contribution in [3.05, 3.63) is 54.5 Å². The van der Waals surface area contributed by atoms with E-state index in [0.29, 0.717) is 18.7 Å². The molecule has 0 amide bonds. The van der Waals surface area contributed by atoms with Gasteiger partial charge in [0.1, 0.15) is 35.8 Å². The zero-order valence-electron chi connectivity index (χ0n) is 28.6. The van der Waals surface area contributed by atoms with E-state index in [1.54, 1.807) is 58.0 Å². The standard InChI is InChI=1S/C33H39N6O11P/c1-18(2)28(40)46-26-25(23-11-12-24-27(35)36-17-37-39(23)24)47-32(16-34)31(33(26,32)48-29(41)19(3)4)50-51(43,49-22-9-7-6-8-10-22)38-20(5)30(42)45-15-21-13-44-14-21/h6-12,17-21,25-26,31H,13-15H2,1-5H3,(H,38,43)(H2,35,36,37)/t20-,25-,26-,31?,32+,33+,51?/m0/s1. The van der Waals surface area contributed by atoms with Crippen LogP contribution in [-0.4, -0.2) is 81.8 Å². The molecule has 2 saturated heterocycles. The summed E-state index contributed by atoms with van der Waals surface area (Å²) in [6.07, 6.45) is -3.25. The van der Waals surface area contributed by atoms with Crippen LogP contribution in [0.3, 0.4) is 0 Å². The number of carbonyl (C=O) groups excluding carboxylic acids is 3. The van der Waals surface area contributed by atoms with Gasteiger partial charge in [-0.2, -0.15) is 15.4 Å². The Balaban J connectivity index is 1.41. The zero-order chi connectivity index (χ0) is 36.7. The van der Waals surface area contributed by atoms with Gasteiger partial charge in [0.2, 0.25) is 11.2 Å². The lowest BCUT2D eigenvalue weighted by Crippen LogP contribution is -2.45. The number of carbonyl (C=O) groups is 3. The maximum Gasteiger partial charge on any atom is 0.460 e. The number of fused-ring (bicyclic) bond motifs is 2. The molecular formula is C33H39N6O11P. The molecule has 1 saturated carbocycles. The number of aromatic nitrogens is 3. The van der Waals surface area contributed by atoms with E-state index in [2.05, 4.69) is 21.2 Å². The van der Waals surface area contributed by atoms with Crippen molar-refractivity contribution >= 4 is 37.0 Å². The molecule has 0 spiro atoms. The summed E-state index contributed by atoms with van der Waals surface area (Å²) in [5.74, 6) is -3.36. The van der Waals surface area contributed by atoms with Crippen molar-refractivity contribution in [3.63, 3.8) is 0 Å². The molecular weight excluding hydrogens is 687 g/mol. The quantitative estimate of drug-likeness (QED) is 0.138. The van der Waals surface area contributed by atoms with Crippen molar-refractivity contribution < 1.29 is 51.7 Å². The molecule has 3 fully saturated rings. The van der Waals surface area contributed by atoms with Gasteiger partial charge in [-0.05, 0) is 31.2 Å². The molecule has 1 aliphatic carbocycles. The van der Waals surface area contributed by atoms with E-state index in [0.717, 1.165) is 0 Å². The molecule has 18 heteroatoms. The number of nitrogens with two attached hydrogens (primary N) is 1. The summed E-state index contributed by atoms with van der Waals surface area (Å²) in [5.41, 5.74) is 2.38. The minimum Gasteiger partial charge on any atom is -0.464 e. The maximum absolute atomic E-state index is 14.7. The summed E-state index contributed by atoms with van der Waals surface area (Å²) in [6.45, 7) is 8.73. The topological polar surface area (TPSA) is 225 Å². The second-order valence-electron chi connectivity index (χ2n) is 13.2. The summed E-state index contributed by atoms with van der Waals surface area (Å²) in [4.78, 5) is 43.7. The minimum absolute atomic E-state index is 0.0396. The number of hydrogen-bond acceptors (Lipinski definition) is 15. The van der Waals surface area contributed by atoms with Gasteiger partial charge in [-0.1, -0.05) is 45.9 Å². The highest BCUT2D eigenvalue weighted by Gasteiger charge is 2.95. The maximum atomic E-state index is 14.7. The molecule has 3 aromatic rings. The molecule has 2 aromatic heterocycles. The van der Waals surface area contributed by atoms with E-state index < -0.39 is 73.0 Å². The Morgan fingerprint density at radius 2 is 1.78 bits per heavy atom. The van der Waals surface area contributed by atoms with Crippen LogP contribution >= 0.6 is 7.75 Å². The fourth-order valence-corrected chi connectivity index (χ4v) is 7.57. The number of anilines is 1. The first-order valence-electron chi connectivity index (χ1n) is 16.4. The molecule has 3 aliphatic rings. The molecule has 1 aromatic carbocycles. The lowest BCUT2D eigenvalue weighted by molar-refractivity contribution is -0.181. The second kappa shape index (κ2) is 13.9.